The van der Waals surface area contributed by atoms with Crippen molar-refractivity contribution in [2.75, 3.05) is 6.54 Å². The smallest absolute Gasteiger partial charge is 0.310 e. The number of carbonyl (C=O) groups excluding carboxylic acids is 2. The maximum atomic E-state index is 11.8. The van der Waals surface area contributed by atoms with Gasteiger partial charge in [-0.2, -0.15) is 0 Å². The number of carboxylic acids is 1. The molecule has 0 fully saturated rings. The first-order chi connectivity index (χ1) is 9.95. The van der Waals surface area contributed by atoms with Crippen LogP contribution in [0.5, 0.6) is 0 Å². The summed E-state index contributed by atoms with van der Waals surface area (Å²) in [5, 5.41) is 14.1. The van der Waals surface area contributed by atoms with E-state index in [1.165, 1.54) is 11.3 Å². The lowest BCUT2D eigenvalue weighted by Crippen LogP contribution is -2.41. The van der Waals surface area contributed by atoms with Crippen molar-refractivity contribution in [3.8, 4) is 0 Å². The number of thiophene rings is 1. The van der Waals surface area contributed by atoms with Crippen molar-refractivity contribution in [3.63, 3.8) is 0 Å². The molecule has 0 saturated carbocycles. The van der Waals surface area contributed by atoms with Gasteiger partial charge in [-0.3, -0.25) is 14.4 Å². The molecular formula is C14H16N2O4S. The average Bonchev–Trinajstić information content (AvgIpc) is 3.05. The Kier molecular flexibility index (Phi) is 4.74. The number of aliphatic carboxylic acids is 1. The molecule has 2 amide bonds. The normalized spacial score (nSPS) is 20.2. The van der Waals surface area contributed by atoms with Gasteiger partial charge in [-0.05, 0) is 25.5 Å². The van der Waals surface area contributed by atoms with Gasteiger partial charge in [0.1, 0.15) is 0 Å². The molecule has 1 aromatic rings. The minimum Gasteiger partial charge on any atom is -0.481 e. The second kappa shape index (κ2) is 6.53. The van der Waals surface area contributed by atoms with Gasteiger partial charge in [0.25, 0.3) is 5.91 Å². The van der Waals surface area contributed by atoms with Gasteiger partial charge in [-0.15, -0.1) is 11.3 Å². The maximum absolute atomic E-state index is 11.8. The van der Waals surface area contributed by atoms with Crippen LogP contribution in [0.4, 0.5) is 0 Å². The van der Waals surface area contributed by atoms with E-state index in [1.807, 2.05) is 13.0 Å². The number of amides is 2. The highest BCUT2D eigenvalue weighted by Gasteiger charge is 2.25. The molecule has 2 atom stereocenters. The summed E-state index contributed by atoms with van der Waals surface area (Å²) in [7, 11) is 0. The van der Waals surface area contributed by atoms with Crippen molar-refractivity contribution in [3.05, 3.63) is 34.0 Å². The lowest BCUT2D eigenvalue weighted by atomic mass is 10.1. The Balaban J connectivity index is 1.74. The van der Waals surface area contributed by atoms with Gasteiger partial charge in [-0.1, -0.05) is 12.2 Å². The van der Waals surface area contributed by atoms with Crippen LogP contribution >= 0.6 is 11.3 Å². The highest BCUT2D eigenvalue weighted by molar-refractivity contribution is 7.13. The predicted octanol–water partition coefficient (Wildman–Crippen LogP) is 0.932. The van der Waals surface area contributed by atoms with E-state index in [-0.39, 0.29) is 24.4 Å². The zero-order valence-electron chi connectivity index (χ0n) is 11.5. The van der Waals surface area contributed by atoms with E-state index >= 15 is 0 Å². The van der Waals surface area contributed by atoms with Crippen molar-refractivity contribution in [2.45, 2.75) is 19.4 Å². The van der Waals surface area contributed by atoms with Crippen molar-refractivity contribution >= 4 is 29.1 Å². The Morgan fingerprint density at radius 1 is 1.33 bits per heavy atom. The topological polar surface area (TPSA) is 95.5 Å². The Morgan fingerprint density at radius 3 is 2.67 bits per heavy atom. The number of rotatable bonds is 5. The van der Waals surface area contributed by atoms with Gasteiger partial charge in [0.2, 0.25) is 5.91 Å². The van der Waals surface area contributed by atoms with E-state index in [1.54, 1.807) is 18.2 Å². The molecule has 0 aromatic carbocycles. The van der Waals surface area contributed by atoms with Gasteiger partial charge in [0.15, 0.2) is 0 Å². The second-order valence-electron chi connectivity index (χ2n) is 4.83. The van der Waals surface area contributed by atoms with Crippen molar-refractivity contribution in [1.82, 2.24) is 10.6 Å². The molecule has 1 heterocycles. The Labute approximate surface area is 125 Å². The third kappa shape index (κ3) is 4.16. The fourth-order valence-electron chi connectivity index (χ4n) is 2.05. The van der Waals surface area contributed by atoms with Gasteiger partial charge in [0.05, 0.1) is 17.3 Å². The fraction of sp³-hybridized carbons (Fsp3) is 0.357. The SMILES string of the molecule is Cc1ccc(C(=O)NCC(=O)NC2C=CC(C(=O)O)C2)s1. The number of carbonyl (C=O) groups is 3. The van der Waals surface area contributed by atoms with Crippen LogP contribution in [-0.2, 0) is 9.59 Å². The molecule has 1 aliphatic rings. The lowest BCUT2D eigenvalue weighted by molar-refractivity contribution is -0.140. The summed E-state index contributed by atoms with van der Waals surface area (Å²) in [4.78, 5) is 35.9. The standard InChI is InChI=1S/C14H16N2O4S/c1-8-2-5-11(21-8)13(18)15-7-12(17)16-10-4-3-9(6-10)14(19)20/h2-5,9-10H,6-7H2,1H3,(H,15,18)(H,16,17)(H,19,20). The third-order valence-corrected chi connectivity index (χ3v) is 4.12. The highest BCUT2D eigenvalue weighted by Crippen LogP contribution is 2.17. The predicted molar refractivity (Wildman–Crippen MR) is 78.2 cm³/mol. The van der Waals surface area contributed by atoms with E-state index in [0.717, 1.165) is 4.88 Å². The summed E-state index contributed by atoms with van der Waals surface area (Å²) in [6, 6.07) is 3.26. The van der Waals surface area contributed by atoms with Crippen molar-refractivity contribution in [2.24, 2.45) is 5.92 Å². The van der Waals surface area contributed by atoms with E-state index in [4.69, 9.17) is 5.11 Å². The van der Waals surface area contributed by atoms with Gasteiger partial charge >= 0.3 is 5.97 Å². The lowest BCUT2D eigenvalue weighted by Gasteiger charge is -2.12. The first-order valence-electron chi connectivity index (χ1n) is 6.51. The Hall–Kier alpha value is -2.15. The largest absolute Gasteiger partial charge is 0.481 e. The number of hydrogen-bond donors (Lipinski definition) is 3. The molecule has 6 nitrogen and oxygen atoms in total. The molecule has 0 aliphatic heterocycles. The second-order valence-corrected chi connectivity index (χ2v) is 6.12. The van der Waals surface area contributed by atoms with Crippen LogP contribution in [0.3, 0.4) is 0 Å². The zero-order chi connectivity index (χ0) is 15.4. The molecule has 0 spiro atoms. The van der Waals surface area contributed by atoms with E-state index in [9.17, 15) is 14.4 Å². The fourth-order valence-corrected chi connectivity index (χ4v) is 2.84. The van der Waals surface area contributed by atoms with Gasteiger partial charge in [-0.25, -0.2) is 0 Å². The molecule has 2 rings (SSSR count). The molecule has 0 saturated heterocycles. The third-order valence-electron chi connectivity index (χ3n) is 3.12. The minimum absolute atomic E-state index is 0.127. The van der Waals surface area contributed by atoms with Crippen LogP contribution in [0.15, 0.2) is 24.3 Å². The summed E-state index contributed by atoms with van der Waals surface area (Å²) in [6.07, 6.45) is 3.58. The van der Waals surface area contributed by atoms with E-state index in [2.05, 4.69) is 10.6 Å². The first kappa shape index (κ1) is 15.2. The van der Waals surface area contributed by atoms with Crippen LogP contribution in [0.25, 0.3) is 0 Å². The van der Waals surface area contributed by atoms with Crippen LogP contribution in [0.2, 0.25) is 0 Å². The Morgan fingerprint density at radius 2 is 2.10 bits per heavy atom. The zero-order valence-corrected chi connectivity index (χ0v) is 12.3. The summed E-state index contributed by atoms with van der Waals surface area (Å²) < 4.78 is 0. The van der Waals surface area contributed by atoms with Gasteiger partial charge < -0.3 is 15.7 Å². The van der Waals surface area contributed by atoms with E-state index in [0.29, 0.717) is 11.3 Å². The molecule has 3 N–H and O–H groups in total. The Bertz CT molecular complexity index is 594. The summed E-state index contributed by atoms with van der Waals surface area (Å²) in [5.41, 5.74) is 0. The molecule has 112 valence electrons. The first-order valence-corrected chi connectivity index (χ1v) is 7.32. The number of nitrogens with one attached hydrogen (secondary N) is 2. The van der Waals surface area contributed by atoms with Crippen molar-refractivity contribution < 1.29 is 19.5 Å². The summed E-state index contributed by atoms with van der Waals surface area (Å²) in [5.74, 6) is -2.07. The van der Waals surface area contributed by atoms with Crippen LogP contribution in [-0.4, -0.2) is 35.5 Å². The van der Waals surface area contributed by atoms with Crippen molar-refractivity contribution in [1.29, 1.82) is 0 Å². The molecule has 1 aromatic heterocycles. The highest BCUT2D eigenvalue weighted by atomic mass is 32.1. The minimum atomic E-state index is -0.899. The average molecular weight is 308 g/mol. The number of hydrogen-bond acceptors (Lipinski definition) is 4. The molecule has 2 unspecified atom stereocenters. The summed E-state index contributed by atoms with van der Waals surface area (Å²) in [6.45, 7) is 1.78. The van der Waals surface area contributed by atoms with Crippen LogP contribution < -0.4 is 10.6 Å². The molecular weight excluding hydrogens is 292 g/mol. The monoisotopic (exact) mass is 308 g/mol. The van der Waals surface area contributed by atoms with Gasteiger partial charge in [0, 0.05) is 10.9 Å². The van der Waals surface area contributed by atoms with E-state index < -0.39 is 11.9 Å². The summed E-state index contributed by atoms with van der Waals surface area (Å²) >= 11 is 1.36. The maximum Gasteiger partial charge on any atom is 0.310 e. The quantitative estimate of drug-likeness (QED) is 0.705. The number of aryl methyl sites for hydroxylation is 1. The van der Waals surface area contributed by atoms with Crippen LogP contribution in [0.1, 0.15) is 21.0 Å². The molecule has 0 radical (unpaired) electrons. The number of carboxylic acid groups (broad SMARTS) is 1. The molecule has 0 bridgehead atoms. The molecule has 7 heteroatoms. The molecule has 21 heavy (non-hydrogen) atoms. The molecule has 1 aliphatic carbocycles. The van der Waals surface area contributed by atoms with Crippen LogP contribution in [0, 0.1) is 12.8 Å².